The molecule has 1 aromatic rings. The van der Waals surface area contributed by atoms with Gasteiger partial charge in [-0.05, 0) is 63.3 Å². The van der Waals surface area contributed by atoms with Crippen LogP contribution in [0.3, 0.4) is 0 Å². The van der Waals surface area contributed by atoms with Crippen LogP contribution in [0.25, 0.3) is 0 Å². The molecule has 1 aliphatic carbocycles. The third-order valence-corrected chi connectivity index (χ3v) is 7.03. The van der Waals surface area contributed by atoms with E-state index in [4.69, 9.17) is 9.94 Å². The lowest BCUT2D eigenvalue weighted by Gasteiger charge is -2.21. The Bertz CT molecular complexity index is 931. The molecule has 0 radical (unpaired) electrons. The molecule has 1 fully saturated rings. The zero-order valence-corrected chi connectivity index (χ0v) is 19.7. The number of sulfonamides is 1. The van der Waals surface area contributed by atoms with E-state index in [0.717, 1.165) is 25.7 Å². The van der Waals surface area contributed by atoms with Gasteiger partial charge in [-0.1, -0.05) is 25.2 Å². The molecule has 0 spiro atoms. The second-order valence-corrected chi connectivity index (χ2v) is 9.67. The summed E-state index contributed by atoms with van der Waals surface area (Å²) in [4.78, 5) is 24.2. The molecule has 1 aliphatic rings. The van der Waals surface area contributed by atoms with Crippen molar-refractivity contribution >= 4 is 21.8 Å². The van der Waals surface area contributed by atoms with Crippen molar-refractivity contribution in [3.8, 4) is 17.6 Å². The van der Waals surface area contributed by atoms with E-state index in [1.165, 1.54) is 36.2 Å². The fraction of sp³-hybridized carbons (Fsp3) is 0.565. The summed E-state index contributed by atoms with van der Waals surface area (Å²) in [7, 11) is -4.00. The average molecular weight is 480 g/mol. The Morgan fingerprint density at radius 2 is 1.85 bits per heavy atom. The molecule has 0 heterocycles. The number of hydrogen-bond donors (Lipinski definition) is 4. The Morgan fingerprint density at radius 1 is 1.15 bits per heavy atom. The first-order valence-corrected chi connectivity index (χ1v) is 12.7. The third-order valence-electron chi connectivity index (χ3n) is 5.54. The van der Waals surface area contributed by atoms with Crippen molar-refractivity contribution in [3.63, 3.8) is 0 Å². The molecule has 1 unspecified atom stereocenters. The van der Waals surface area contributed by atoms with Crippen LogP contribution in [-0.2, 0) is 19.6 Å². The van der Waals surface area contributed by atoms with Crippen LogP contribution in [0.2, 0.25) is 0 Å². The van der Waals surface area contributed by atoms with E-state index >= 15 is 0 Å². The number of ether oxygens (including phenoxy) is 1. The van der Waals surface area contributed by atoms with Crippen molar-refractivity contribution in [2.24, 2.45) is 5.92 Å². The average Bonchev–Trinajstić information content (AvgIpc) is 2.83. The number of unbranched alkanes of at least 4 members (excludes halogenated alkanes) is 1. The van der Waals surface area contributed by atoms with E-state index in [-0.39, 0.29) is 29.7 Å². The van der Waals surface area contributed by atoms with Gasteiger partial charge >= 0.3 is 0 Å². The van der Waals surface area contributed by atoms with Gasteiger partial charge in [-0.25, -0.2) is 13.9 Å². The fourth-order valence-corrected chi connectivity index (χ4v) is 4.91. The van der Waals surface area contributed by atoms with Crippen LogP contribution < -0.4 is 20.3 Å². The smallest absolute Gasteiger partial charge is 0.261 e. The second-order valence-electron chi connectivity index (χ2n) is 7.96. The van der Waals surface area contributed by atoms with Gasteiger partial charge in [0.1, 0.15) is 18.4 Å². The monoisotopic (exact) mass is 479 g/mol. The maximum Gasteiger partial charge on any atom is 0.261 e. The van der Waals surface area contributed by atoms with E-state index in [2.05, 4.69) is 21.9 Å². The van der Waals surface area contributed by atoms with E-state index in [9.17, 15) is 18.0 Å². The topological polar surface area (TPSA) is 134 Å². The first-order chi connectivity index (χ1) is 15.9. The lowest BCUT2D eigenvalue weighted by molar-refractivity contribution is -0.131. The lowest BCUT2D eigenvalue weighted by Crippen LogP contribution is -2.45. The number of hydrogen-bond acceptors (Lipinski definition) is 6. The summed E-state index contributed by atoms with van der Waals surface area (Å²) in [6, 6.07) is 4.59. The molecule has 4 N–H and O–H groups in total. The van der Waals surface area contributed by atoms with Crippen molar-refractivity contribution in [2.45, 2.75) is 69.2 Å². The normalized spacial score (nSPS) is 15.1. The Labute approximate surface area is 195 Å². The van der Waals surface area contributed by atoms with Gasteiger partial charge in [0.05, 0.1) is 4.90 Å². The first kappa shape index (κ1) is 26.6. The van der Waals surface area contributed by atoms with Gasteiger partial charge in [0, 0.05) is 12.5 Å². The van der Waals surface area contributed by atoms with Crippen LogP contribution in [0.4, 0.5) is 0 Å². The SMILES string of the molecule is CC#CCOc1ccc(S(=O)(=O)NC(CCCCNC(=O)C2CCCCC2)C(=O)NO)cc1. The minimum atomic E-state index is -4.00. The summed E-state index contributed by atoms with van der Waals surface area (Å²) in [5, 5.41) is 11.9. The van der Waals surface area contributed by atoms with Gasteiger partial charge in [-0.2, -0.15) is 4.72 Å². The van der Waals surface area contributed by atoms with Gasteiger partial charge in [-0.15, -0.1) is 5.92 Å². The predicted molar refractivity (Wildman–Crippen MR) is 123 cm³/mol. The van der Waals surface area contributed by atoms with Gasteiger partial charge in [0.2, 0.25) is 15.9 Å². The van der Waals surface area contributed by atoms with Crippen molar-refractivity contribution in [1.82, 2.24) is 15.5 Å². The summed E-state index contributed by atoms with van der Waals surface area (Å²) in [6.45, 7) is 2.34. The van der Waals surface area contributed by atoms with Crippen LogP contribution in [0.1, 0.15) is 58.3 Å². The molecule has 0 saturated heterocycles. The molecule has 1 saturated carbocycles. The standard InChI is InChI=1S/C23H33N3O6S/c1-2-3-17-32-19-12-14-20(15-13-19)33(30,31)26-21(23(28)25-29)11-7-8-16-24-22(27)18-9-5-4-6-10-18/h12-15,18,21,26,29H,4-11,16-17H2,1H3,(H,24,27)(H,25,28). The summed E-state index contributed by atoms with van der Waals surface area (Å²) >= 11 is 0. The molecule has 0 aromatic heterocycles. The molecule has 2 rings (SSSR count). The Morgan fingerprint density at radius 3 is 2.48 bits per heavy atom. The van der Waals surface area contributed by atoms with Crippen LogP contribution in [0, 0.1) is 17.8 Å². The number of benzene rings is 1. The second kappa shape index (κ2) is 13.8. The highest BCUT2D eigenvalue weighted by atomic mass is 32.2. The van der Waals surface area contributed by atoms with Crippen molar-refractivity contribution < 1.29 is 28.0 Å². The predicted octanol–water partition coefficient (Wildman–Crippen LogP) is 2.11. The quantitative estimate of drug-likeness (QED) is 0.157. The van der Waals surface area contributed by atoms with Crippen LogP contribution in [0.5, 0.6) is 5.75 Å². The molecule has 0 aliphatic heterocycles. The molecule has 1 atom stereocenters. The van der Waals surface area contributed by atoms with Crippen molar-refractivity contribution in [3.05, 3.63) is 24.3 Å². The summed E-state index contributed by atoms with van der Waals surface area (Å²) in [5.74, 6) is 5.21. The molecule has 10 heteroatoms. The molecule has 0 bridgehead atoms. The zero-order valence-electron chi connectivity index (χ0n) is 18.9. The number of rotatable bonds is 12. The number of nitrogens with one attached hydrogen (secondary N) is 3. The molecule has 1 aromatic carbocycles. The van der Waals surface area contributed by atoms with Gasteiger partial charge in [0.15, 0.2) is 0 Å². The van der Waals surface area contributed by atoms with Gasteiger partial charge in [-0.3, -0.25) is 14.8 Å². The molecule has 182 valence electrons. The van der Waals surface area contributed by atoms with Crippen molar-refractivity contribution in [1.29, 1.82) is 0 Å². The van der Waals surface area contributed by atoms with Crippen LogP contribution in [-0.4, -0.2) is 44.6 Å². The first-order valence-electron chi connectivity index (χ1n) is 11.2. The largest absolute Gasteiger partial charge is 0.481 e. The fourth-order valence-electron chi connectivity index (χ4n) is 3.68. The summed E-state index contributed by atoms with van der Waals surface area (Å²) < 4.78 is 33.1. The molecular weight excluding hydrogens is 446 g/mol. The van der Waals surface area contributed by atoms with Gasteiger partial charge < -0.3 is 10.1 Å². The zero-order chi connectivity index (χ0) is 24.1. The third kappa shape index (κ3) is 9.04. The number of amides is 2. The molecular formula is C23H33N3O6S. The Balaban J connectivity index is 1.84. The minimum absolute atomic E-state index is 0.0353. The lowest BCUT2D eigenvalue weighted by atomic mass is 9.88. The van der Waals surface area contributed by atoms with Crippen LogP contribution in [0.15, 0.2) is 29.2 Å². The van der Waals surface area contributed by atoms with Gasteiger partial charge in [0.25, 0.3) is 5.91 Å². The number of carbonyl (C=O) groups is 2. The maximum atomic E-state index is 12.7. The van der Waals surface area contributed by atoms with Crippen molar-refractivity contribution in [2.75, 3.05) is 13.2 Å². The molecule has 33 heavy (non-hydrogen) atoms. The summed E-state index contributed by atoms with van der Waals surface area (Å²) in [5.41, 5.74) is 1.51. The summed E-state index contributed by atoms with van der Waals surface area (Å²) in [6.07, 6.45) is 6.43. The van der Waals surface area contributed by atoms with E-state index < -0.39 is 22.0 Å². The van der Waals surface area contributed by atoms with E-state index in [1.54, 1.807) is 6.92 Å². The number of hydroxylamine groups is 1. The number of carbonyl (C=O) groups excluding carboxylic acids is 2. The van der Waals surface area contributed by atoms with Crippen LogP contribution >= 0.6 is 0 Å². The maximum absolute atomic E-state index is 12.7. The molecule has 9 nitrogen and oxygen atoms in total. The van der Waals surface area contributed by atoms with E-state index in [1.807, 2.05) is 0 Å². The Kier molecular flexibility index (Phi) is 11.2. The minimum Gasteiger partial charge on any atom is -0.481 e. The highest BCUT2D eigenvalue weighted by Gasteiger charge is 2.25. The highest BCUT2D eigenvalue weighted by Crippen LogP contribution is 2.23. The van der Waals surface area contributed by atoms with E-state index in [0.29, 0.717) is 25.1 Å². The Hall–Kier alpha value is -2.61. The molecule has 2 amide bonds. The highest BCUT2D eigenvalue weighted by molar-refractivity contribution is 7.89.